The van der Waals surface area contributed by atoms with Gasteiger partial charge >= 0.3 is 0 Å². The van der Waals surface area contributed by atoms with Crippen molar-refractivity contribution in [2.75, 3.05) is 25.6 Å². The lowest BCUT2D eigenvalue weighted by Crippen LogP contribution is -2.33. The highest BCUT2D eigenvalue weighted by atomic mass is 16.5. The first kappa shape index (κ1) is 19.4. The quantitative estimate of drug-likeness (QED) is 0.707. The fourth-order valence-electron chi connectivity index (χ4n) is 2.39. The molecule has 0 saturated carbocycles. The first-order valence-electron chi connectivity index (χ1n) is 8.46. The van der Waals surface area contributed by atoms with Gasteiger partial charge in [0.05, 0.1) is 6.61 Å². The van der Waals surface area contributed by atoms with Gasteiger partial charge in [-0.05, 0) is 42.8 Å². The van der Waals surface area contributed by atoms with Crippen LogP contribution in [0.3, 0.4) is 0 Å². The van der Waals surface area contributed by atoms with E-state index in [2.05, 4.69) is 10.6 Å². The van der Waals surface area contributed by atoms with Crippen LogP contribution < -0.4 is 16.2 Å². The molecule has 0 saturated heterocycles. The number of benzene rings is 1. The first-order chi connectivity index (χ1) is 12.6. The summed E-state index contributed by atoms with van der Waals surface area (Å²) in [5.41, 5.74) is 0.915. The van der Waals surface area contributed by atoms with Gasteiger partial charge in [0.15, 0.2) is 0 Å². The molecule has 0 aliphatic carbocycles. The van der Waals surface area contributed by atoms with E-state index in [9.17, 15) is 14.4 Å². The first-order valence-corrected chi connectivity index (χ1v) is 8.46. The highest BCUT2D eigenvalue weighted by Crippen LogP contribution is 2.13. The average Bonchev–Trinajstić information content (AvgIpc) is 2.63. The fraction of sp³-hybridized carbons (Fsp3) is 0.316. The van der Waals surface area contributed by atoms with Crippen molar-refractivity contribution in [3.63, 3.8) is 0 Å². The molecule has 1 aromatic heterocycles. The number of rotatable bonds is 8. The van der Waals surface area contributed by atoms with Crippen LogP contribution in [0.15, 0.2) is 47.4 Å². The van der Waals surface area contributed by atoms with Crippen molar-refractivity contribution in [2.45, 2.75) is 19.8 Å². The summed E-state index contributed by atoms with van der Waals surface area (Å²) in [5.74, 6) is -0.489. The molecule has 0 fully saturated rings. The van der Waals surface area contributed by atoms with Crippen molar-refractivity contribution in [1.29, 1.82) is 0 Å². The molecule has 2 aromatic rings. The van der Waals surface area contributed by atoms with E-state index in [1.54, 1.807) is 36.5 Å². The summed E-state index contributed by atoms with van der Waals surface area (Å²) >= 11 is 0. The minimum atomic E-state index is -0.440. The zero-order valence-electron chi connectivity index (χ0n) is 15.0. The number of anilines is 1. The molecule has 0 aliphatic heterocycles. The van der Waals surface area contributed by atoms with Crippen LogP contribution in [0.5, 0.6) is 0 Å². The third kappa shape index (κ3) is 5.03. The number of ether oxygens (including phenoxy) is 1. The van der Waals surface area contributed by atoms with Gasteiger partial charge in [-0.2, -0.15) is 0 Å². The Hall–Kier alpha value is -2.93. The Morgan fingerprint density at radius 3 is 2.54 bits per heavy atom. The van der Waals surface area contributed by atoms with Crippen molar-refractivity contribution in [1.82, 2.24) is 9.88 Å². The predicted octanol–water partition coefficient (Wildman–Crippen LogP) is 1.95. The molecule has 0 aliphatic rings. The molecule has 1 heterocycles. The zero-order valence-corrected chi connectivity index (χ0v) is 15.0. The van der Waals surface area contributed by atoms with Crippen LogP contribution in [0.1, 0.15) is 30.1 Å². The Kier molecular flexibility index (Phi) is 7.11. The summed E-state index contributed by atoms with van der Waals surface area (Å²) in [4.78, 5) is 36.4. The summed E-state index contributed by atoms with van der Waals surface area (Å²) in [5, 5.41) is 5.43. The number of pyridine rings is 1. The van der Waals surface area contributed by atoms with E-state index in [1.807, 2.05) is 6.92 Å². The normalized spacial score (nSPS) is 10.4. The van der Waals surface area contributed by atoms with Crippen molar-refractivity contribution in [2.24, 2.45) is 0 Å². The average molecular weight is 357 g/mol. The second-order valence-corrected chi connectivity index (χ2v) is 5.69. The maximum absolute atomic E-state index is 12.6. The van der Waals surface area contributed by atoms with E-state index in [0.717, 1.165) is 6.42 Å². The molecule has 7 nitrogen and oxygen atoms in total. The molecule has 0 spiro atoms. The molecular formula is C19H23N3O4. The SMILES string of the molecule is CCCC(=O)Nc1ccc(-n2cccc(C(=O)NCCOC)c2=O)cc1. The van der Waals surface area contributed by atoms with Gasteiger partial charge in [-0.1, -0.05) is 6.92 Å². The molecular weight excluding hydrogens is 334 g/mol. The molecule has 0 radical (unpaired) electrons. The van der Waals surface area contributed by atoms with Crippen LogP contribution >= 0.6 is 0 Å². The largest absolute Gasteiger partial charge is 0.383 e. The number of methoxy groups -OCH3 is 1. The standard InChI is InChI=1S/C19H23N3O4/c1-3-5-17(23)21-14-7-9-15(10-8-14)22-12-4-6-16(19(22)25)18(24)20-11-13-26-2/h4,6-10,12H,3,5,11,13H2,1-2H3,(H,20,24)(H,21,23). The zero-order chi connectivity index (χ0) is 18.9. The highest BCUT2D eigenvalue weighted by molar-refractivity contribution is 5.94. The van der Waals surface area contributed by atoms with Crippen LogP contribution in [-0.2, 0) is 9.53 Å². The van der Waals surface area contributed by atoms with Gasteiger partial charge < -0.3 is 15.4 Å². The molecule has 0 atom stereocenters. The molecule has 1 aromatic carbocycles. The van der Waals surface area contributed by atoms with Crippen LogP contribution in [-0.4, -0.2) is 36.6 Å². The van der Waals surface area contributed by atoms with E-state index >= 15 is 0 Å². The Morgan fingerprint density at radius 1 is 1.15 bits per heavy atom. The lowest BCUT2D eigenvalue weighted by atomic mass is 10.2. The lowest BCUT2D eigenvalue weighted by Gasteiger charge is -2.10. The van der Waals surface area contributed by atoms with Gasteiger partial charge in [0, 0.05) is 37.6 Å². The van der Waals surface area contributed by atoms with Crippen molar-refractivity contribution < 1.29 is 14.3 Å². The third-order valence-corrected chi connectivity index (χ3v) is 3.69. The van der Waals surface area contributed by atoms with Crippen molar-refractivity contribution in [3.05, 3.63) is 58.5 Å². The predicted molar refractivity (Wildman–Crippen MR) is 99.8 cm³/mol. The van der Waals surface area contributed by atoms with Crippen LogP contribution in [0.4, 0.5) is 5.69 Å². The maximum atomic E-state index is 12.6. The second kappa shape index (κ2) is 9.53. The topological polar surface area (TPSA) is 89.4 Å². The number of hydrogen-bond donors (Lipinski definition) is 2. The molecule has 0 bridgehead atoms. The van der Waals surface area contributed by atoms with Gasteiger partial charge in [0.2, 0.25) is 5.91 Å². The second-order valence-electron chi connectivity index (χ2n) is 5.69. The molecule has 26 heavy (non-hydrogen) atoms. The number of nitrogens with one attached hydrogen (secondary N) is 2. The lowest BCUT2D eigenvalue weighted by molar-refractivity contribution is -0.116. The Labute approximate surface area is 152 Å². The minimum Gasteiger partial charge on any atom is -0.383 e. The van der Waals surface area contributed by atoms with Gasteiger partial charge in [-0.15, -0.1) is 0 Å². The smallest absolute Gasteiger partial charge is 0.267 e. The van der Waals surface area contributed by atoms with E-state index in [-0.39, 0.29) is 11.5 Å². The maximum Gasteiger partial charge on any atom is 0.267 e. The number of nitrogens with zero attached hydrogens (tertiary/aromatic N) is 1. The summed E-state index contributed by atoms with van der Waals surface area (Å²) < 4.78 is 6.27. The monoisotopic (exact) mass is 357 g/mol. The number of hydrogen-bond acceptors (Lipinski definition) is 4. The number of carbonyl (C=O) groups is 2. The summed E-state index contributed by atoms with van der Waals surface area (Å²) in [6.07, 6.45) is 2.83. The Morgan fingerprint density at radius 2 is 1.88 bits per heavy atom. The molecule has 2 amide bonds. The van der Waals surface area contributed by atoms with Gasteiger partial charge in [-0.3, -0.25) is 19.0 Å². The van der Waals surface area contributed by atoms with Crippen LogP contribution in [0.25, 0.3) is 5.69 Å². The number of amides is 2. The number of aromatic nitrogens is 1. The summed E-state index contributed by atoms with van der Waals surface area (Å²) in [6.45, 7) is 2.64. The van der Waals surface area contributed by atoms with Crippen LogP contribution in [0.2, 0.25) is 0 Å². The third-order valence-electron chi connectivity index (χ3n) is 3.69. The summed E-state index contributed by atoms with van der Waals surface area (Å²) in [7, 11) is 1.54. The molecule has 0 unspecified atom stereocenters. The number of carbonyl (C=O) groups excluding carboxylic acids is 2. The van der Waals surface area contributed by atoms with E-state index in [1.165, 1.54) is 17.7 Å². The van der Waals surface area contributed by atoms with Crippen LogP contribution in [0, 0.1) is 0 Å². The van der Waals surface area contributed by atoms with Crippen molar-refractivity contribution in [3.8, 4) is 5.69 Å². The Bertz CT molecular complexity index is 812. The Balaban J connectivity index is 2.18. The van der Waals surface area contributed by atoms with E-state index in [0.29, 0.717) is 30.9 Å². The molecule has 138 valence electrons. The van der Waals surface area contributed by atoms with Gasteiger partial charge in [0.1, 0.15) is 5.56 Å². The minimum absolute atomic E-state index is 0.0489. The van der Waals surface area contributed by atoms with Gasteiger partial charge in [0.25, 0.3) is 11.5 Å². The van der Waals surface area contributed by atoms with Gasteiger partial charge in [-0.25, -0.2) is 0 Å². The highest BCUT2D eigenvalue weighted by Gasteiger charge is 2.12. The summed E-state index contributed by atoms with van der Waals surface area (Å²) in [6, 6.07) is 10.0. The van der Waals surface area contributed by atoms with Crippen molar-refractivity contribution >= 4 is 17.5 Å². The molecule has 7 heteroatoms. The fourth-order valence-corrected chi connectivity index (χ4v) is 2.39. The molecule has 2 N–H and O–H groups in total. The van der Waals surface area contributed by atoms with E-state index < -0.39 is 11.5 Å². The van der Waals surface area contributed by atoms with E-state index in [4.69, 9.17) is 4.74 Å². The molecule has 2 rings (SSSR count).